The van der Waals surface area contributed by atoms with E-state index in [2.05, 4.69) is 41.6 Å². The van der Waals surface area contributed by atoms with Crippen LogP contribution in [0.4, 0.5) is 5.69 Å². The van der Waals surface area contributed by atoms with Crippen LogP contribution in [0.15, 0.2) is 47.1 Å². The third kappa shape index (κ3) is 1.58. The molecule has 20 heavy (non-hydrogen) atoms. The van der Waals surface area contributed by atoms with Gasteiger partial charge in [-0.25, -0.2) is 4.68 Å². The molecule has 1 N–H and O–H groups in total. The number of furan rings is 1. The van der Waals surface area contributed by atoms with Crippen LogP contribution in [0.5, 0.6) is 0 Å². The highest BCUT2D eigenvalue weighted by Crippen LogP contribution is 2.38. The van der Waals surface area contributed by atoms with Crippen LogP contribution in [-0.4, -0.2) is 9.78 Å². The Morgan fingerprint density at radius 3 is 2.90 bits per heavy atom. The number of nitrogens with zero attached hydrogens (tertiary/aromatic N) is 2. The van der Waals surface area contributed by atoms with Gasteiger partial charge in [0.2, 0.25) is 0 Å². The zero-order chi connectivity index (χ0) is 13.7. The molecule has 3 heterocycles. The van der Waals surface area contributed by atoms with E-state index >= 15 is 0 Å². The summed E-state index contributed by atoms with van der Waals surface area (Å²) >= 11 is 0. The molecule has 0 aliphatic carbocycles. The minimum Gasteiger partial charge on any atom is -0.465 e. The van der Waals surface area contributed by atoms with E-state index in [0.717, 1.165) is 22.8 Å². The van der Waals surface area contributed by atoms with E-state index in [-0.39, 0.29) is 6.17 Å². The summed E-state index contributed by atoms with van der Waals surface area (Å²) in [6.45, 7) is 4.12. The molecule has 3 aromatic rings. The number of aryl methyl sites for hydroxylation is 2. The van der Waals surface area contributed by atoms with Gasteiger partial charge in [0.05, 0.1) is 17.7 Å². The van der Waals surface area contributed by atoms with E-state index in [4.69, 9.17) is 4.42 Å². The summed E-state index contributed by atoms with van der Waals surface area (Å²) in [5.74, 6) is 0.862. The summed E-state index contributed by atoms with van der Waals surface area (Å²) in [6, 6.07) is 12.4. The lowest BCUT2D eigenvalue weighted by atomic mass is 10.0. The molecule has 2 aromatic heterocycles. The number of benzene rings is 1. The number of hydrogen-bond acceptors (Lipinski definition) is 3. The smallest absolute Gasteiger partial charge is 0.180 e. The molecule has 1 aliphatic rings. The van der Waals surface area contributed by atoms with Crippen LogP contribution in [0.1, 0.15) is 23.2 Å². The van der Waals surface area contributed by atoms with Crippen LogP contribution in [0.25, 0.3) is 11.3 Å². The summed E-state index contributed by atoms with van der Waals surface area (Å²) in [6.07, 6.45) is 1.60. The Labute approximate surface area is 117 Å². The molecular formula is C16H15N3O. The van der Waals surface area contributed by atoms with Crippen molar-refractivity contribution >= 4 is 5.69 Å². The lowest BCUT2D eigenvalue weighted by Crippen LogP contribution is -2.25. The fraction of sp³-hybridized carbons (Fsp3) is 0.188. The van der Waals surface area contributed by atoms with Crippen molar-refractivity contribution in [2.24, 2.45) is 0 Å². The van der Waals surface area contributed by atoms with Crippen LogP contribution in [0.2, 0.25) is 0 Å². The Kier molecular flexibility index (Phi) is 2.27. The Bertz CT molecular complexity index is 771. The van der Waals surface area contributed by atoms with Gasteiger partial charge in [-0.2, -0.15) is 5.10 Å². The summed E-state index contributed by atoms with van der Waals surface area (Å²) in [7, 11) is 0. The quantitative estimate of drug-likeness (QED) is 0.729. The van der Waals surface area contributed by atoms with Gasteiger partial charge in [-0.15, -0.1) is 0 Å². The second kappa shape index (κ2) is 4.00. The van der Waals surface area contributed by atoms with Crippen molar-refractivity contribution in [2.75, 3.05) is 5.32 Å². The predicted molar refractivity (Wildman–Crippen MR) is 77.6 cm³/mol. The summed E-state index contributed by atoms with van der Waals surface area (Å²) in [4.78, 5) is 0. The van der Waals surface area contributed by atoms with Gasteiger partial charge in [-0.3, -0.25) is 0 Å². The van der Waals surface area contributed by atoms with Crippen molar-refractivity contribution in [2.45, 2.75) is 20.0 Å². The van der Waals surface area contributed by atoms with Crippen molar-refractivity contribution in [1.82, 2.24) is 9.78 Å². The number of hydrogen-bond donors (Lipinski definition) is 1. The molecule has 1 aliphatic heterocycles. The molecule has 0 amide bonds. The lowest BCUT2D eigenvalue weighted by molar-refractivity contribution is 0.430. The minimum atomic E-state index is -0.0936. The first kappa shape index (κ1) is 11.3. The SMILES string of the molecule is Cc1ccc2c(c1)-c1cc(C)nn1C(c1ccco1)N2. The number of rotatable bonds is 1. The summed E-state index contributed by atoms with van der Waals surface area (Å²) < 4.78 is 7.55. The molecule has 0 bridgehead atoms. The molecule has 0 spiro atoms. The minimum absolute atomic E-state index is 0.0936. The summed E-state index contributed by atoms with van der Waals surface area (Å²) in [5.41, 5.74) is 5.68. The monoisotopic (exact) mass is 265 g/mol. The maximum Gasteiger partial charge on any atom is 0.180 e. The predicted octanol–water partition coefficient (Wildman–Crippen LogP) is 3.73. The van der Waals surface area contributed by atoms with E-state index < -0.39 is 0 Å². The normalized spacial score (nSPS) is 16.4. The zero-order valence-corrected chi connectivity index (χ0v) is 11.4. The molecular weight excluding hydrogens is 250 g/mol. The molecule has 4 rings (SSSR count). The average molecular weight is 265 g/mol. The van der Waals surface area contributed by atoms with Gasteiger partial charge >= 0.3 is 0 Å². The standard InChI is InChI=1S/C16H15N3O/c1-10-5-6-13-12(8-10)14-9-11(2)18-19(14)16(17-13)15-4-3-7-20-15/h3-9,16-17H,1-2H3. The van der Waals surface area contributed by atoms with E-state index in [0.29, 0.717) is 0 Å². The van der Waals surface area contributed by atoms with E-state index in [1.165, 1.54) is 11.1 Å². The van der Waals surface area contributed by atoms with Crippen molar-refractivity contribution in [3.8, 4) is 11.3 Å². The summed E-state index contributed by atoms with van der Waals surface area (Å²) in [5, 5.41) is 8.11. The molecule has 1 atom stereocenters. The molecule has 0 fully saturated rings. The van der Waals surface area contributed by atoms with Crippen molar-refractivity contribution in [3.05, 3.63) is 59.7 Å². The maximum atomic E-state index is 5.55. The number of fused-ring (bicyclic) bond motifs is 3. The zero-order valence-electron chi connectivity index (χ0n) is 11.4. The van der Waals surface area contributed by atoms with Gasteiger partial charge in [0.15, 0.2) is 6.17 Å². The average Bonchev–Trinajstić information content (AvgIpc) is 3.06. The Morgan fingerprint density at radius 1 is 1.20 bits per heavy atom. The molecule has 100 valence electrons. The van der Waals surface area contributed by atoms with Crippen molar-refractivity contribution in [3.63, 3.8) is 0 Å². The highest BCUT2D eigenvalue weighted by molar-refractivity contribution is 5.79. The first-order chi connectivity index (χ1) is 9.72. The van der Waals surface area contributed by atoms with Crippen molar-refractivity contribution in [1.29, 1.82) is 0 Å². The first-order valence-electron chi connectivity index (χ1n) is 6.69. The van der Waals surface area contributed by atoms with Gasteiger partial charge in [-0.05, 0) is 44.2 Å². The number of nitrogens with one attached hydrogen (secondary N) is 1. The molecule has 0 radical (unpaired) electrons. The third-order valence-electron chi connectivity index (χ3n) is 3.66. The Balaban J connectivity index is 1.95. The van der Waals surface area contributed by atoms with Crippen LogP contribution >= 0.6 is 0 Å². The van der Waals surface area contributed by atoms with E-state index in [1.54, 1.807) is 6.26 Å². The van der Waals surface area contributed by atoms with Gasteiger partial charge < -0.3 is 9.73 Å². The third-order valence-corrected chi connectivity index (χ3v) is 3.66. The number of aromatic nitrogens is 2. The van der Waals surface area contributed by atoms with Crippen LogP contribution < -0.4 is 5.32 Å². The fourth-order valence-corrected chi connectivity index (χ4v) is 2.76. The van der Waals surface area contributed by atoms with Gasteiger partial charge in [0.25, 0.3) is 0 Å². The van der Waals surface area contributed by atoms with E-state index in [1.807, 2.05) is 23.7 Å². The Morgan fingerprint density at radius 2 is 2.10 bits per heavy atom. The molecule has 1 unspecified atom stereocenters. The van der Waals surface area contributed by atoms with Gasteiger partial charge in [0.1, 0.15) is 5.76 Å². The van der Waals surface area contributed by atoms with Crippen molar-refractivity contribution < 1.29 is 4.42 Å². The fourth-order valence-electron chi connectivity index (χ4n) is 2.76. The molecule has 0 saturated heterocycles. The van der Waals surface area contributed by atoms with Crippen LogP contribution in [0, 0.1) is 13.8 Å². The first-order valence-corrected chi connectivity index (χ1v) is 6.69. The molecule has 0 saturated carbocycles. The largest absolute Gasteiger partial charge is 0.465 e. The van der Waals surface area contributed by atoms with Gasteiger partial charge in [0, 0.05) is 11.3 Å². The van der Waals surface area contributed by atoms with Crippen LogP contribution in [0.3, 0.4) is 0 Å². The van der Waals surface area contributed by atoms with Crippen LogP contribution in [-0.2, 0) is 0 Å². The highest BCUT2D eigenvalue weighted by atomic mass is 16.3. The maximum absolute atomic E-state index is 5.55. The van der Waals surface area contributed by atoms with Gasteiger partial charge in [-0.1, -0.05) is 11.6 Å². The topological polar surface area (TPSA) is 43.0 Å². The van der Waals surface area contributed by atoms with E-state index in [9.17, 15) is 0 Å². The lowest BCUT2D eigenvalue weighted by Gasteiger charge is -2.27. The molecule has 4 nitrogen and oxygen atoms in total. The second-order valence-electron chi connectivity index (χ2n) is 5.23. The Hall–Kier alpha value is -2.49. The number of anilines is 1. The molecule has 1 aromatic carbocycles. The highest BCUT2D eigenvalue weighted by Gasteiger charge is 2.27. The second-order valence-corrected chi connectivity index (χ2v) is 5.23. The molecule has 4 heteroatoms.